The molecule has 0 aromatic heterocycles. The van der Waals surface area contributed by atoms with Gasteiger partial charge in [0.15, 0.2) is 0 Å². The number of aliphatic hydroxyl groups is 1. The van der Waals surface area contributed by atoms with Crippen molar-refractivity contribution in [1.82, 2.24) is 4.90 Å². The van der Waals surface area contributed by atoms with Crippen molar-refractivity contribution in [3.63, 3.8) is 0 Å². The summed E-state index contributed by atoms with van der Waals surface area (Å²) in [6.45, 7) is 4.81. The number of amides is 1. The maximum Gasteiger partial charge on any atom is 0.411 e. The van der Waals surface area contributed by atoms with Crippen LogP contribution >= 0.6 is 0 Å². The monoisotopic (exact) mass is 341 g/mol. The molecule has 1 aliphatic rings. The lowest BCUT2D eigenvalue weighted by molar-refractivity contribution is -0.174. The molecule has 1 heterocycles. The highest BCUT2D eigenvalue weighted by Crippen LogP contribution is 2.23. The maximum absolute atomic E-state index is 12.0. The van der Waals surface area contributed by atoms with Crippen LogP contribution in [0.1, 0.15) is 40.0 Å². The molecule has 1 N–H and O–H groups in total. The number of alkyl halides is 3. The molecule has 1 rings (SSSR count). The van der Waals surface area contributed by atoms with E-state index in [1.807, 2.05) is 0 Å². The molecule has 0 aliphatic carbocycles. The molecule has 0 aromatic carbocycles. The van der Waals surface area contributed by atoms with E-state index in [2.05, 4.69) is 4.74 Å². The van der Waals surface area contributed by atoms with Gasteiger partial charge in [-0.25, -0.2) is 4.79 Å². The summed E-state index contributed by atoms with van der Waals surface area (Å²) in [5.41, 5.74) is -0.589. The molecule has 0 aromatic rings. The lowest BCUT2D eigenvalue weighted by Crippen LogP contribution is -2.47. The number of ether oxygens (including phenoxy) is 2. The molecule has 0 saturated carbocycles. The van der Waals surface area contributed by atoms with Crippen LogP contribution in [0.15, 0.2) is 0 Å². The third-order valence-corrected chi connectivity index (χ3v) is 3.47. The van der Waals surface area contributed by atoms with E-state index in [4.69, 9.17) is 4.74 Å². The molecule has 1 aliphatic heterocycles. The molecule has 2 atom stereocenters. The highest BCUT2D eigenvalue weighted by atomic mass is 19.4. The van der Waals surface area contributed by atoms with Crippen molar-refractivity contribution in [3.8, 4) is 0 Å². The van der Waals surface area contributed by atoms with Crippen LogP contribution in [-0.2, 0) is 9.47 Å². The van der Waals surface area contributed by atoms with Gasteiger partial charge in [0.05, 0.1) is 6.10 Å². The van der Waals surface area contributed by atoms with E-state index in [1.165, 1.54) is 0 Å². The Kier molecular flexibility index (Phi) is 7.13. The van der Waals surface area contributed by atoms with Crippen molar-refractivity contribution < 1.29 is 32.5 Å². The molecule has 136 valence electrons. The summed E-state index contributed by atoms with van der Waals surface area (Å²) in [4.78, 5) is 13.6. The zero-order valence-electron chi connectivity index (χ0n) is 13.9. The Labute approximate surface area is 134 Å². The fraction of sp³-hybridized carbons (Fsp3) is 0.933. The Morgan fingerprint density at radius 1 is 1.30 bits per heavy atom. The third-order valence-electron chi connectivity index (χ3n) is 3.47. The smallest absolute Gasteiger partial charge is 0.411 e. The second-order valence-electron chi connectivity index (χ2n) is 6.85. The number of carbonyl (C=O) groups is 1. The standard InChI is InChI=1S/C15H26F3NO4/c1-14(2,3)23-13(21)19-7-6-12(20)11(9-19)5-4-8-22-10-15(16,17)18/h11-12,20H,4-10H2,1-3H3. The molecule has 23 heavy (non-hydrogen) atoms. The lowest BCUT2D eigenvalue weighted by Gasteiger charge is -2.37. The van der Waals surface area contributed by atoms with Gasteiger partial charge < -0.3 is 19.5 Å². The molecular formula is C15H26F3NO4. The van der Waals surface area contributed by atoms with Gasteiger partial charge in [-0.3, -0.25) is 0 Å². The number of halogens is 3. The minimum atomic E-state index is -4.32. The van der Waals surface area contributed by atoms with E-state index in [-0.39, 0.29) is 12.5 Å². The number of nitrogens with zero attached hydrogens (tertiary/aromatic N) is 1. The van der Waals surface area contributed by atoms with Gasteiger partial charge in [-0.15, -0.1) is 0 Å². The first-order valence-corrected chi connectivity index (χ1v) is 7.78. The first-order chi connectivity index (χ1) is 10.5. The van der Waals surface area contributed by atoms with E-state index in [0.29, 0.717) is 32.4 Å². The summed E-state index contributed by atoms with van der Waals surface area (Å²) in [6.07, 6.45) is -3.97. The van der Waals surface area contributed by atoms with Crippen molar-refractivity contribution in [2.45, 2.75) is 57.9 Å². The summed E-state index contributed by atoms with van der Waals surface area (Å²) in [6, 6.07) is 0. The van der Waals surface area contributed by atoms with Crippen LogP contribution in [-0.4, -0.2) is 60.3 Å². The highest BCUT2D eigenvalue weighted by molar-refractivity contribution is 5.68. The van der Waals surface area contributed by atoms with Crippen molar-refractivity contribution in [1.29, 1.82) is 0 Å². The zero-order chi connectivity index (χ0) is 17.7. The van der Waals surface area contributed by atoms with Gasteiger partial charge >= 0.3 is 12.3 Å². The minimum Gasteiger partial charge on any atom is -0.444 e. The summed E-state index contributed by atoms with van der Waals surface area (Å²) in [5, 5.41) is 9.99. The van der Waals surface area contributed by atoms with E-state index in [0.717, 1.165) is 0 Å². The molecule has 1 fully saturated rings. The average molecular weight is 341 g/mol. The second kappa shape index (κ2) is 8.19. The Balaban J connectivity index is 2.35. The lowest BCUT2D eigenvalue weighted by atomic mass is 9.91. The Morgan fingerprint density at radius 2 is 1.96 bits per heavy atom. The number of likely N-dealkylation sites (tertiary alicyclic amines) is 1. The van der Waals surface area contributed by atoms with Gasteiger partial charge in [0, 0.05) is 25.6 Å². The predicted molar refractivity (Wildman–Crippen MR) is 78.0 cm³/mol. The molecule has 8 heteroatoms. The van der Waals surface area contributed by atoms with Crippen LogP contribution in [0.2, 0.25) is 0 Å². The quantitative estimate of drug-likeness (QED) is 0.781. The fourth-order valence-corrected chi connectivity index (χ4v) is 2.43. The Bertz CT molecular complexity index is 382. The van der Waals surface area contributed by atoms with Crippen LogP contribution in [0.4, 0.5) is 18.0 Å². The van der Waals surface area contributed by atoms with Crippen molar-refractivity contribution in [3.05, 3.63) is 0 Å². The second-order valence-corrected chi connectivity index (χ2v) is 6.85. The third kappa shape index (κ3) is 8.41. The molecule has 2 unspecified atom stereocenters. The van der Waals surface area contributed by atoms with Crippen molar-refractivity contribution in [2.24, 2.45) is 5.92 Å². The molecule has 0 bridgehead atoms. The minimum absolute atomic E-state index is 0.0187. The fourth-order valence-electron chi connectivity index (χ4n) is 2.43. The summed E-state index contributed by atoms with van der Waals surface area (Å²) in [7, 11) is 0. The van der Waals surface area contributed by atoms with Crippen LogP contribution in [0.3, 0.4) is 0 Å². The number of hydrogen-bond acceptors (Lipinski definition) is 4. The van der Waals surface area contributed by atoms with Crippen LogP contribution in [0, 0.1) is 5.92 Å². The van der Waals surface area contributed by atoms with Gasteiger partial charge in [-0.1, -0.05) is 0 Å². The molecule has 0 radical (unpaired) electrons. The summed E-state index contributed by atoms with van der Waals surface area (Å²) >= 11 is 0. The van der Waals surface area contributed by atoms with Gasteiger partial charge in [-0.05, 0) is 40.0 Å². The van der Waals surface area contributed by atoms with Crippen molar-refractivity contribution in [2.75, 3.05) is 26.3 Å². The van der Waals surface area contributed by atoms with E-state index >= 15 is 0 Å². The number of carbonyl (C=O) groups excluding carboxylic acids is 1. The molecular weight excluding hydrogens is 315 g/mol. The SMILES string of the molecule is CC(C)(C)OC(=O)N1CCC(O)C(CCCOCC(F)(F)F)C1. The van der Waals surface area contributed by atoms with Crippen molar-refractivity contribution >= 4 is 6.09 Å². The highest BCUT2D eigenvalue weighted by Gasteiger charge is 2.32. The topological polar surface area (TPSA) is 59.0 Å². The predicted octanol–water partition coefficient (Wildman–Crippen LogP) is 2.96. The first kappa shape index (κ1) is 20.0. The number of piperidine rings is 1. The molecule has 1 amide bonds. The largest absolute Gasteiger partial charge is 0.444 e. The molecule has 0 spiro atoms. The number of hydrogen-bond donors (Lipinski definition) is 1. The molecule has 1 saturated heterocycles. The summed E-state index contributed by atoms with van der Waals surface area (Å²) < 4.78 is 45.7. The zero-order valence-corrected chi connectivity index (χ0v) is 13.9. The van der Waals surface area contributed by atoms with Gasteiger partial charge in [0.1, 0.15) is 12.2 Å². The Hall–Kier alpha value is -1.02. The van der Waals surface area contributed by atoms with Crippen LogP contribution in [0.25, 0.3) is 0 Å². The van der Waals surface area contributed by atoms with Gasteiger partial charge in [0.25, 0.3) is 0 Å². The average Bonchev–Trinajstić information content (AvgIpc) is 2.37. The van der Waals surface area contributed by atoms with Gasteiger partial charge in [0.2, 0.25) is 0 Å². The number of aliphatic hydroxyl groups excluding tert-OH is 1. The van der Waals surface area contributed by atoms with Crippen LogP contribution < -0.4 is 0 Å². The van der Waals surface area contributed by atoms with Gasteiger partial charge in [-0.2, -0.15) is 13.2 Å². The maximum atomic E-state index is 12.0. The summed E-state index contributed by atoms with van der Waals surface area (Å²) in [5.74, 6) is -0.175. The van der Waals surface area contributed by atoms with Crippen LogP contribution in [0.5, 0.6) is 0 Å². The Morgan fingerprint density at radius 3 is 2.52 bits per heavy atom. The molecule has 5 nitrogen and oxygen atoms in total. The van der Waals surface area contributed by atoms with E-state index in [1.54, 1.807) is 25.7 Å². The normalized spacial score (nSPS) is 23.0. The van der Waals surface area contributed by atoms with E-state index in [9.17, 15) is 23.1 Å². The first-order valence-electron chi connectivity index (χ1n) is 7.78. The number of rotatable bonds is 5. The van der Waals surface area contributed by atoms with E-state index < -0.39 is 30.6 Å².